The maximum Gasteiger partial charge on any atom is 0.284 e. The molecule has 1 aromatic heterocycles. The van der Waals surface area contributed by atoms with Gasteiger partial charge in [0, 0.05) is 11.6 Å². The number of rotatable bonds is 4. The number of aromatic nitrogens is 1. The van der Waals surface area contributed by atoms with Crippen molar-refractivity contribution in [2.45, 2.75) is 13.0 Å². The highest BCUT2D eigenvalue weighted by Gasteiger charge is 2.20. The molecule has 0 spiro atoms. The van der Waals surface area contributed by atoms with E-state index in [4.69, 9.17) is 14.6 Å². The van der Waals surface area contributed by atoms with E-state index in [1.165, 1.54) is 20.3 Å². The number of aliphatic hydroxyl groups excluding tert-OH is 1. The fourth-order valence-electron chi connectivity index (χ4n) is 1.19. The third-order valence-electron chi connectivity index (χ3n) is 1.84. The molecule has 0 aromatic carbocycles. The fourth-order valence-corrected chi connectivity index (χ4v) is 1.19. The van der Waals surface area contributed by atoms with Crippen LogP contribution in [0.1, 0.15) is 17.7 Å². The Balaban J connectivity index is 3.32. The summed E-state index contributed by atoms with van der Waals surface area (Å²) < 4.78 is 34.6. The van der Waals surface area contributed by atoms with Crippen molar-refractivity contribution < 1.29 is 23.4 Å². The highest BCUT2D eigenvalue weighted by Crippen LogP contribution is 2.32. The minimum atomic E-state index is -2.78. The van der Waals surface area contributed by atoms with Crippen molar-refractivity contribution >= 4 is 0 Å². The molecule has 0 unspecified atom stereocenters. The van der Waals surface area contributed by atoms with Crippen molar-refractivity contribution in [1.82, 2.24) is 4.98 Å². The van der Waals surface area contributed by atoms with E-state index in [9.17, 15) is 8.78 Å². The summed E-state index contributed by atoms with van der Waals surface area (Å²) in [7, 11) is 2.56. The molecule has 1 aromatic rings. The molecule has 4 nitrogen and oxygen atoms in total. The molecule has 0 aliphatic rings. The van der Waals surface area contributed by atoms with Crippen molar-refractivity contribution in [1.29, 1.82) is 0 Å². The molecule has 0 aliphatic heterocycles. The minimum Gasteiger partial charge on any atom is -0.494 e. The molecule has 0 radical (unpaired) electrons. The summed E-state index contributed by atoms with van der Waals surface area (Å²) in [6, 6.07) is 1.35. The molecule has 84 valence electrons. The van der Waals surface area contributed by atoms with Crippen molar-refractivity contribution in [3.05, 3.63) is 17.3 Å². The van der Waals surface area contributed by atoms with E-state index in [0.29, 0.717) is 0 Å². The lowest BCUT2D eigenvalue weighted by Gasteiger charge is -2.12. The molecular formula is C9H11F2NO3. The van der Waals surface area contributed by atoms with Crippen LogP contribution in [-0.2, 0) is 6.61 Å². The van der Waals surface area contributed by atoms with Gasteiger partial charge in [0.25, 0.3) is 6.43 Å². The second-order valence-electron chi connectivity index (χ2n) is 2.70. The van der Waals surface area contributed by atoms with Crippen LogP contribution in [0.25, 0.3) is 0 Å². The Kier molecular flexibility index (Phi) is 3.79. The van der Waals surface area contributed by atoms with E-state index in [1.807, 2.05) is 0 Å². The van der Waals surface area contributed by atoms with Crippen LogP contribution in [0.2, 0.25) is 0 Å². The number of nitrogens with zero attached hydrogens (tertiary/aromatic N) is 1. The van der Waals surface area contributed by atoms with Gasteiger partial charge < -0.3 is 14.6 Å². The molecule has 0 aliphatic carbocycles. The topological polar surface area (TPSA) is 51.6 Å². The minimum absolute atomic E-state index is 0.0233. The Morgan fingerprint density at radius 1 is 1.40 bits per heavy atom. The van der Waals surface area contributed by atoms with Crippen LogP contribution >= 0.6 is 0 Å². The van der Waals surface area contributed by atoms with Crippen LogP contribution in [0.5, 0.6) is 11.6 Å². The molecule has 1 N–H and O–H groups in total. The lowest BCUT2D eigenvalue weighted by molar-refractivity contribution is 0.139. The van der Waals surface area contributed by atoms with Gasteiger partial charge in [-0.05, 0) is 0 Å². The molecule has 0 amide bonds. The molecule has 0 saturated carbocycles. The molecular weight excluding hydrogens is 208 g/mol. The van der Waals surface area contributed by atoms with E-state index >= 15 is 0 Å². The van der Waals surface area contributed by atoms with Gasteiger partial charge in [0.1, 0.15) is 0 Å². The summed E-state index contributed by atoms with van der Waals surface area (Å²) in [6.07, 6.45) is -2.78. The smallest absolute Gasteiger partial charge is 0.284 e. The van der Waals surface area contributed by atoms with Crippen molar-refractivity contribution in [2.75, 3.05) is 14.2 Å². The first kappa shape index (κ1) is 11.6. The quantitative estimate of drug-likeness (QED) is 0.834. The monoisotopic (exact) mass is 219 g/mol. The van der Waals surface area contributed by atoms with Gasteiger partial charge in [-0.25, -0.2) is 13.8 Å². The Morgan fingerprint density at radius 2 is 2.07 bits per heavy atom. The van der Waals surface area contributed by atoms with Crippen LogP contribution in [0, 0.1) is 0 Å². The van der Waals surface area contributed by atoms with Gasteiger partial charge in [-0.3, -0.25) is 0 Å². The van der Waals surface area contributed by atoms with Crippen LogP contribution < -0.4 is 9.47 Å². The zero-order valence-electron chi connectivity index (χ0n) is 8.33. The number of methoxy groups -OCH3 is 2. The van der Waals surface area contributed by atoms with Crippen molar-refractivity contribution in [2.24, 2.45) is 0 Å². The molecule has 0 saturated heterocycles. The number of halogens is 2. The fraction of sp³-hybridized carbons (Fsp3) is 0.444. The van der Waals surface area contributed by atoms with E-state index in [0.717, 1.165) is 0 Å². The number of alkyl halides is 2. The number of ether oxygens (including phenoxy) is 2. The number of pyridine rings is 1. The predicted octanol–water partition coefficient (Wildman–Crippen LogP) is 1.53. The maximum atomic E-state index is 12.6. The molecule has 1 rings (SSSR count). The second kappa shape index (κ2) is 4.88. The van der Waals surface area contributed by atoms with Gasteiger partial charge in [0.05, 0.1) is 20.8 Å². The van der Waals surface area contributed by atoms with E-state index < -0.39 is 18.7 Å². The summed E-state index contributed by atoms with van der Waals surface area (Å²) in [4.78, 5) is 3.56. The van der Waals surface area contributed by atoms with Crippen LogP contribution in [0.3, 0.4) is 0 Å². The van der Waals surface area contributed by atoms with Gasteiger partial charge in [-0.2, -0.15) is 0 Å². The average Bonchev–Trinajstić information content (AvgIpc) is 2.26. The second-order valence-corrected chi connectivity index (χ2v) is 2.70. The van der Waals surface area contributed by atoms with Crippen LogP contribution in [-0.4, -0.2) is 24.3 Å². The number of hydrogen-bond donors (Lipinski definition) is 1. The van der Waals surface area contributed by atoms with E-state index in [-0.39, 0.29) is 17.2 Å². The van der Waals surface area contributed by atoms with E-state index in [2.05, 4.69) is 4.98 Å². The largest absolute Gasteiger partial charge is 0.494 e. The zero-order valence-corrected chi connectivity index (χ0v) is 8.33. The number of aliphatic hydroxyl groups is 1. The van der Waals surface area contributed by atoms with Gasteiger partial charge in [-0.15, -0.1) is 0 Å². The summed E-state index contributed by atoms with van der Waals surface area (Å²) in [6.45, 7) is -0.415. The molecule has 0 bridgehead atoms. The predicted molar refractivity (Wildman–Crippen MR) is 48.2 cm³/mol. The van der Waals surface area contributed by atoms with E-state index in [1.54, 1.807) is 0 Å². The Morgan fingerprint density at radius 3 is 2.47 bits per heavy atom. The van der Waals surface area contributed by atoms with Crippen LogP contribution in [0.15, 0.2) is 6.07 Å². The first-order valence-electron chi connectivity index (χ1n) is 4.14. The Labute approximate surface area is 85.5 Å². The first-order valence-corrected chi connectivity index (χ1v) is 4.14. The maximum absolute atomic E-state index is 12.6. The standard InChI is InChI=1S/C9H11F2NO3/c1-14-6-3-5(4-13)8(15-2)7(12-6)9(10)11/h3,9,13H,4H2,1-2H3. The Hall–Kier alpha value is -1.43. The third kappa shape index (κ3) is 2.33. The lowest BCUT2D eigenvalue weighted by atomic mass is 10.2. The first-order chi connectivity index (χ1) is 7.13. The average molecular weight is 219 g/mol. The lowest BCUT2D eigenvalue weighted by Crippen LogP contribution is -2.03. The highest BCUT2D eigenvalue weighted by atomic mass is 19.3. The Bertz CT molecular complexity index is 344. The normalized spacial score (nSPS) is 10.5. The number of hydrogen-bond acceptors (Lipinski definition) is 4. The highest BCUT2D eigenvalue weighted by molar-refractivity contribution is 5.41. The van der Waals surface area contributed by atoms with Crippen molar-refractivity contribution in [3.63, 3.8) is 0 Å². The van der Waals surface area contributed by atoms with Gasteiger partial charge in [0.2, 0.25) is 5.88 Å². The molecule has 1 heterocycles. The van der Waals surface area contributed by atoms with Crippen molar-refractivity contribution in [3.8, 4) is 11.6 Å². The zero-order chi connectivity index (χ0) is 11.4. The van der Waals surface area contributed by atoms with Gasteiger partial charge in [0.15, 0.2) is 11.4 Å². The van der Waals surface area contributed by atoms with Gasteiger partial charge in [-0.1, -0.05) is 0 Å². The summed E-state index contributed by atoms with van der Waals surface area (Å²) in [5, 5.41) is 8.97. The molecule has 0 fully saturated rings. The van der Waals surface area contributed by atoms with Crippen LogP contribution in [0.4, 0.5) is 8.78 Å². The SMILES string of the molecule is COc1cc(CO)c(OC)c(C(F)F)n1. The summed E-state index contributed by atoms with van der Waals surface area (Å²) in [5.74, 6) is -0.0801. The molecule has 6 heteroatoms. The summed E-state index contributed by atoms with van der Waals surface area (Å²) >= 11 is 0. The molecule has 0 atom stereocenters. The summed E-state index contributed by atoms with van der Waals surface area (Å²) in [5.41, 5.74) is -0.305. The molecule has 15 heavy (non-hydrogen) atoms. The van der Waals surface area contributed by atoms with Gasteiger partial charge >= 0.3 is 0 Å². The third-order valence-corrected chi connectivity index (χ3v) is 1.84.